The van der Waals surface area contributed by atoms with Crippen molar-refractivity contribution in [2.24, 2.45) is 0 Å². The molecule has 150 valence electrons. The average Bonchev–Trinajstić information content (AvgIpc) is 3.18. The van der Waals surface area contributed by atoms with E-state index in [1.165, 1.54) is 0 Å². The van der Waals surface area contributed by atoms with Gasteiger partial charge >= 0.3 is 6.09 Å². The standard InChI is InChI=1S/C21H26BrN3O3/c1-20(2,3)28-19(26)25-21(9-4-5-10-21)18-23-15-8-11-27-16-12-13(22)6-7-14(16)17(15)24-18/h6-7,12H,4-5,8-11H2,1-3H3,(H,23,24)(H,25,26). The Morgan fingerprint density at radius 1 is 1.32 bits per heavy atom. The highest BCUT2D eigenvalue weighted by atomic mass is 79.9. The molecule has 6 nitrogen and oxygen atoms in total. The van der Waals surface area contributed by atoms with Crippen molar-refractivity contribution in [1.29, 1.82) is 0 Å². The maximum atomic E-state index is 12.5. The second-order valence-electron chi connectivity index (χ2n) is 8.57. The molecule has 0 saturated heterocycles. The van der Waals surface area contributed by atoms with Crippen LogP contribution >= 0.6 is 15.9 Å². The molecular formula is C21H26BrN3O3. The van der Waals surface area contributed by atoms with Crippen molar-refractivity contribution in [3.8, 4) is 17.0 Å². The van der Waals surface area contributed by atoms with Gasteiger partial charge in [-0.3, -0.25) is 0 Å². The number of alkyl carbamates (subject to hydrolysis) is 1. The number of rotatable bonds is 2. The van der Waals surface area contributed by atoms with E-state index in [1.807, 2.05) is 39.0 Å². The van der Waals surface area contributed by atoms with E-state index in [-0.39, 0.29) is 0 Å². The Hall–Kier alpha value is -2.02. The summed E-state index contributed by atoms with van der Waals surface area (Å²) in [6.45, 7) is 6.21. The zero-order valence-corrected chi connectivity index (χ0v) is 18.1. The quantitative estimate of drug-likeness (QED) is 0.673. The summed E-state index contributed by atoms with van der Waals surface area (Å²) in [5.74, 6) is 1.64. The normalized spacial score (nSPS) is 17.9. The van der Waals surface area contributed by atoms with Crippen LogP contribution in [-0.2, 0) is 16.7 Å². The van der Waals surface area contributed by atoms with Crippen LogP contribution in [-0.4, -0.2) is 28.3 Å². The van der Waals surface area contributed by atoms with Gasteiger partial charge < -0.3 is 19.8 Å². The predicted octanol–water partition coefficient (Wildman–Crippen LogP) is 5.07. The van der Waals surface area contributed by atoms with Gasteiger partial charge in [0, 0.05) is 22.2 Å². The number of nitrogens with one attached hydrogen (secondary N) is 2. The molecule has 0 atom stereocenters. The number of aromatic amines is 1. The first-order valence-corrected chi connectivity index (χ1v) is 10.6. The van der Waals surface area contributed by atoms with Crippen molar-refractivity contribution in [2.75, 3.05) is 6.61 Å². The van der Waals surface area contributed by atoms with Crippen LogP contribution in [0.4, 0.5) is 4.79 Å². The monoisotopic (exact) mass is 447 g/mol. The van der Waals surface area contributed by atoms with E-state index in [2.05, 4.69) is 26.2 Å². The summed E-state index contributed by atoms with van der Waals surface area (Å²) in [4.78, 5) is 21.0. The van der Waals surface area contributed by atoms with Crippen LogP contribution in [0, 0.1) is 0 Å². The highest BCUT2D eigenvalue weighted by molar-refractivity contribution is 9.10. The van der Waals surface area contributed by atoms with Gasteiger partial charge in [-0.05, 0) is 51.8 Å². The number of benzene rings is 1. The topological polar surface area (TPSA) is 76.2 Å². The van der Waals surface area contributed by atoms with Crippen molar-refractivity contribution < 1.29 is 14.3 Å². The van der Waals surface area contributed by atoms with E-state index in [0.717, 1.165) is 65.1 Å². The third-order valence-corrected chi connectivity index (χ3v) is 5.73. The second-order valence-corrected chi connectivity index (χ2v) is 9.48. The van der Waals surface area contributed by atoms with E-state index < -0.39 is 17.2 Å². The lowest BCUT2D eigenvalue weighted by Gasteiger charge is -2.30. The fourth-order valence-electron chi connectivity index (χ4n) is 4.01. The SMILES string of the molecule is CC(C)(C)OC(=O)NC1(c2nc3c([nH]2)CCOc2cc(Br)ccc2-3)CCCC1. The number of ether oxygens (including phenoxy) is 2. The summed E-state index contributed by atoms with van der Waals surface area (Å²) in [6, 6.07) is 6.00. The Morgan fingerprint density at radius 3 is 2.79 bits per heavy atom. The zero-order valence-electron chi connectivity index (χ0n) is 16.5. The van der Waals surface area contributed by atoms with E-state index in [4.69, 9.17) is 14.5 Å². The zero-order chi connectivity index (χ0) is 19.9. The number of amides is 1. The number of carbonyl (C=O) groups excluding carboxylic acids is 1. The first-order chi connectivity index (χ1) is 13.3. The van der Waals surface area contributed by atoms with Crippen molar-refractivity contribution in [2.45, 2.75) is 64.0 Å². The Morgan fingerprint density at radius 2 is 2.07 bits per heavy atom. The lowest BCUT2D eigenvalue weighted by molar-refractivity contribution is 0.0448. The molecule has 4 rings (SSSR count). The molecule has 1 aliphatic heterocycles. The van der Waals surface area contributed by atoms with Gasteiger partial charge in [0.25, 0.3) is 0 Å². The van der Waals surface area contributed by atoms with E-state index >= 15 is 0 Å². The Balaban J connectivity index is 1.70. The molecule has 7 heteroatoms. The number of halogens is 1. The van der Waals surface area contributed by atoms with E-state index in [1.54, 1.807) is 0 Å². The molecule has 2 aromatic rings. The fourth-order valence-corrected chi connectivity index (χ4v) is 4.35. The molecule has 0 unspecified atom stereocenters. The smallest absolute Gasteiger partial charge is 0.408 e. The van der Waals surface area contributed by atoms with Crippen LogP contribution in [0.5, 0.6) is 5.75 Å². The summed E-state index contributed by atoms with van der Waals surface area (Å²) < 4.78 is 12.4. The minimum absolute atomic E-state index is 0.395. The molecule has 1 amide bonds. The fraction of sp³-hybridized carbons (Fsp3) is 0.524. The Kier molecular flexibility index (Phi) is 4.89. The first kappa shape index (κ1) is 19.3. The summed E-state index contributed by atoms with van der Waals surface area (Å²) in [7, 11) is 0. The minimum atomic E-state index is -0.534. The van der Waals surface area contributed by atoms with Gasteiger partial charge in [-0.25, -0.2) is 9.78 Å². The molecule has 1 aromatic heterocycles. The highest BCUT2D eigenvalue weighted by Crippen LogP contribution is 2.41. The van der Waals surface area contributed by atoms with Crippen LogP contribution in [0.2, 0.25) is 0 Å². The molecule has 1 saturated carbocycles. The number of H-pyrrole nitrogens is 1. The number of nitrogens with zero attached hydrogens (tertiary/aromatic N) is 1. The summed E-state index contributed by atoms with van der Waals surface area (Å²) in [5, 5.41) is 3.13. The third kappa shape index (κ3) is 3.77. The molecule has 0 spiro atoms. The van der Waals surface area contributed by atoms with Gasteiger partial charge in [0.05, 0.1) is 12.3 Å². The van der Waals surface area contributed by atoms with Gasteiger partial charge in [0.2, 0.25) is 0 Å². The van der Waals surface area contributed by atoms with E-state index in [9.17, 15) is 4.79 Å². The summed E-state index contributed by atoms with van der Waals surface area (Å²) in [5.41, 5.74) is 1.89. The number of fused-ring (bicyclic) bond motifs is 3. The minimum Gasteiger partial charge on any atom is -0.492 e. The van der Waals surface area contributed by atoms with Crippen LogP contribution in [0.1, 0.15) is 58.0 Å². The molecule has 1 fully saturated rings. The number of imidazole rings is 1. The lowest BCUT2D eigenvalue weighted by Crippen LogP contribution is -2.46. The number of aromatic nitrogens is 2. The van der Waals surface area contributed by atoms with Crippen molar-refractivity contribution in [1.82, 2.24) is 15.3 Å². The molecule has 2 N–H and O–H groups in total. The van der Waals surface area contributed by atoms with Gasteiger partial charge in [-0.1, -0.05) is 28.8 Å². The van der Waals surface area contributed by atoms with Crippen LogP contribution in [0.3, 0.4) is 0 Å². The second kappa shape index (κ2) is 7.10. The summed E-state index contributed by atoms with van der Waals surface area (Å²) in [6.07, 6.45) is 4.15. The molecule has 28 heavy (non-hydrogen) atoms. The maximum Gasteiger partial charge on any atom is 0.408 e. The van der Waals surface area contributed by atoms with Crippen LogP contribution < -0.4 is 10.1 Å². The molecule has 0 bridgehead atoms. The maximum absolute atomic E-state index is 12.5. The molecule has 1 aromatic carbocycles. The Labute approximate surface area is 173 Å². The lowest BCUT2D eigenvalue weighted by atomic mass is 9.97. The average molecular weight is 448 g/mol. The van der Waals surface area contributed by atoms with Gasteiger partial charge in [0.15, 0.2) is 0 Å². The summed E-state index contributed by atoms with van der Waals surface area (Å²) >= 11 is 3.50. The predicted molar refractivity (Wildman–Crippen MR) is 110 cm³/mol. The van der Waals surface area contributed by atoms with Crippen LogP contribution in [0.15, 0.2) is 22.7 Å². The van der Waals surface area contributed by atoms with Crippen LogP contribution in [0.25, 0.3) is 11.3 Å². The molecule has 2 heterocycles. The van der Waals surface area contributed by atoms with Crippen molar-refractivity contribution in [3.63, 3.8) is 0 Å². The largest absolute Gasteiger partial charge is 0.492 e. The number of hydrogen-bond acceptors (Lipinski definition) is 4. The molecule has 0 radical (unpaired) electrons. The highest BCUT2D eigenvalue weighted by Gasteiger charge is 2.41. The third-order valence-electron chi connectivity index (χ3n) is 5.24. The molecular weight excluding hydrogens is 422 g/mol. The number of hydrogen-bond donors (Lipinski definition) is 2. The van der Waals surface area contributed by atoms with Crippen molar-refractivity contribution >= 4 is 22.0 Å². The van der Waals surface area contributed by atoms with Gasteiger partial charge in [-0.15, -0.1) is 0 Å². The van der Waals surface area contributed by atoms with Gasteiger partial charge in [0.1, 0.15) is 22.7 Å². The number of carbonyl (C=O) groups is 1. The van der Waals surface area contributed by atoms with Gasteiger partial charge in [-0.2, -0.15) is 0 Å². The first-order valence-electron chi connectivity index (χ1n) is 9.79. The molecule has 2 aliphatic rings. The van der Waals surface area contributed by atoms with E-state index in [0.29, 0.717) is 6.61 Å². The Bertz CT molecular complexity index is 895. The molecule has 1 aliphatic carbocycles. The van der Waals surface area contributed by atoms with Crippen molar-refractivity contribution in [3.05, 3.63) is 34.2 Å².